The van der Waals surface area contributed by atoms with Crippen molar-refractivity contribution in [2.24, 2.45) is 5.92 Å². The van der Waals surface area contributed by atoms with E-state index in [0.717, 1.165) is 18.2 Å². The number of thioether (sulfide) groups is 1. The zero-order chi connectivity index (χ0) is 13.1. The summed E-state index contributed by atoms with van der Waals surface area (Å²) < 4.78 is 0. The smallest absolute Gasteiger partial charge is 0.318 e. The second-order valence-electron chi connectivity index (χ2n) is 5.64. The highest BCUT2D eigenvalue weighted by molar-refractivity contribution is 8.00. The van der Waals surface area contributed by atoms with Gasteiger partial charge in [0.25, 0.3) is 0 Å². The van der Waals surface area contributed by atoms with Gasteiger partial charge in [0.15, 0.2) is 0 Å². The Kier molecular flexibility index (Phi) is 4.82. The number of nitrogens with zero attached hydrogens (tertiary/aromatic N) is 1. The molecule has 0 aromatic carbocycles. The van der Waals surface area contributed by atoms with E-state index < -0.39 is 0 Å². The summed E-state index contributed by atoms with van der Waals surface area (Å²) in [5.74, 6) is 0.654. The van der Waals surface area contributed by atoms with Crippen LogP contribution in [0.4, 0.5) is 4.79 Å². The molecule has 4 atom stereocenters. The van der Waals surface area contributed by atoms with Gasteiger partial charge in [0, 0.05) is 23.8 Å². The Morgan fingerprint density at radius 1 is 1.50 bits per heavy atom. The van der Waals surface area contributed by atoms with E-state index in [0.29, 0.717) is 17.3 Å². The number of urea groups is 1. The van der Waals surface area contributed by atoms with Gasteiger partial charge in [0.2, 0.25) is 0 Å². The van der Waals surface area contributed by atoms with Crippen LogP contribution in [0.1, 0.15) is 52.9 Å². The van der Waals surface area contributed by atoms with Gasteiger partial charge >= 0.3 is 6.03 Å². The summed E-state index contributed by atoms with van der Waals surface area (Å²) in [5.41, 5.74) is 0. The topological polar surface area (TPSA) is 32.3 Å². The molecule has 2 heterocycles. The van der Waals surface area contributed by atoms with E-state index in [4.69, 9.17) is 0 Å². The minimum Gasteiger partial charge on any atom is -0.338 e. The van der Waals surface area contributed by atoms with Crippen molar-refractivity contribution in [2.45, 2.75) is 69.5 Å². The van der Waals surface area contributed by atoms with Crippen LogP contribution in [0.5, 0.6) is 0 Å². The number of carbonyl (C=O) groups excluding carboxylic acids is 1. The number of unbranched alkanes of at least 4 members (excludes halogenated alkanes) is 1. The lowest BCUT2D eigenvalue weighted by atomic mass is 9.98. The molecule has 0 saturated carbocycles. The average molecular weight is 270 g/mol. The largest absolute Gasteiger partial charge is 0.338 e. The van der Waals surface area contributed by atoms with Gasteiger partial charge in [-0.2, -0.15) is 0 Å². The van der Waals surface area contributed by atoms with Gasteiger partial charge < -0.3 is 10.2 Å². The van der Waals surface area contributed by atoms with E-state index in [-0.39, 0.29) is 6.03 Å². The number of fused-ring (bicyclic) bond motifs is 1. The van der Waals surface area contributed by atoms with E-state index in [9.17, 15) is 4.79 Å². The highest BCUT2D eigenvalue weighted by Crippen LogP contribution is 2.44. The molecule has 4 unspecified atom stereocenters. The molecule has 3 nitrogen and oxygen atoms in total. The van der Waals surface area contributed by atoms with E-state index >= 15 is 0 Å². The van der Waals surface area contributed by atoms with Crippen LogP contribution >= 0.6 is 11.8 Å². The summed E-state index contributed by atoms with van der Waals surface area (Å²) in [6, 6.07) is 0.532. The summed E-state index contributed by atoms with van der Waals surface area (Å²) in [6.07, 6.45) is 6.04. The van der Waals surface area contributed by atoms with Gasteiger partial charge in [0.05, 0.1) is 5.37 Å². The normalized spacial score (nSPS) is 33.2. The fraction of sp³-hybridized carbons (Fsp3) is 0.929. The molecule has 0 aromatic heterocycles. The Hall–Kier alpha value is -0.380. The van der Waals surface area contributed by atoms with Crippen molar-refractivity contribution in [3.05, 3.63) is 0 Å². The highest BCUT2D eigenvalue weighted by atomic mass is 32.2. The predicted molar refractivity (Wildman–Crippen MR) is 77.8 cm³/mol. The third-order valence-electron chi connectivity index (χ3n) is 4.23. The van der Waals surface area contributed by atoms with Gasteiger partial charge in [-0.15, -0.1) is 11.8 Å². The zero-order valence-corrected chi connectivity index (χ0v) is 12.6. The lowest BCUT2D eigenvalue weighted by Gasteiger charge is -2.41. The second-order valence-corrected chi connectivity index (χ2v) is 7.06. The SMILES string of the molecule is CCCCC(C)N1C(=O)NCC2CC(CC)SC21. The molecular weight excluding hydrogens is 244 g/mol. The number of carbonyl (C=O) groups is 1. The third-order valence-corrected chi connectivity index (χ3v) is 6.03. The summed E-state index contributed by atoms with van der Waals surface area (Å²) in [7, 11) is 0. The minimum atomic E-state index is 0.157. The van der Waals surface area contributed by atoms with Crippen molar-refractivity contribution in [3.63, 3.8) is 0 Å². The third kappa shape index (κ3) is 2.79. The predicted octanol–water partition coefficient (Wildman–Crippen LogP) is 3.45. The van der Waals surface area contributed by atoms with Crippen LogP contribution in [0.3, 0.4) is 0 Å². The van der Waals surface area contributed by atoms with E-state index in [1.54, 1.807) is 0 Å². The van der Waals surface area contributed by atoms with Crippen LogP contribution in [0.25, 0.3) is 0 Å². The molecule has 0 aliphatic carbocycles. The second kappa shape index (κ2) is 6.18. The molecule has 4 heteroatoms. The van der Waals surface area contributed by atoms with Crippen molar-refractivity contribution < 1.29 is 4.79 Å². The molecule has 0 spiro atoms. The van der Waals surface area contributed by atoms with Crippen molar-refractivity contribution in [1.82, 2.24) is 10.2 Å². The first-order valence-electron chi connectivity index (χ1n) is 7.39. The molecule has 0 bridgehead atoms. The molecule has 2 saturated heterocycles. The molecule has 18 heavy (non-hydrogen) atoms. The molecule has 2 fully saturated rings. The van der Waals surface area contributed by atoms with Crippen molar-refractivity contribution in [1.29, 1.82) is 0 Å². The number of nitrogens with one attached hydrogen (secondary N) is 1. The Morgan fingerprint density at radius 2 is 2.28 bits per heavy atom. The molecular formula is C14H26N2OS. The molecule has 104 valence electrons. The Balaban J connectivity index is 2.03. The van der Waals surface area contributed by atoms with Gasteiger partial charge in [-0.05, 0) is 26.2 Å². The van der Waals surface area contributed by atoms with Crippen LogP contribution in [0, 0.1) is 5.92 Å². The number of hydrogen-bond acceptors (Lipinski definition) is 2. The maximum absolute atomic E-state index is 12.1. The van der Waals surface area contributed by atoms with Crippen LogP contribution in [-0.4, -0.2) is 34.1 Å². The first-order chi connectivity index (χ1) is 8.67. The molecule has 2 rings (SSSR count). The van der Waals surface area contributed by atoms with Crippen LogP contribution < -0.4 is 5.32 Å². The molecule has 2 aliphatic heterocycles. The lowest BCUT2D eigenvalue weighted by Crippen LogP contribution is -2.57. The molecule has 0 aromatic rings. The van der Waals surface area contributed by atoms with Crippen molar-refractivity contribution >= 4 is 17.8 Å². The van der Waals surface area contributed by atoms with Crippen molar-refractivity contribution in [3.8, 4) is 0 Å². The number of hydrogen-bond donors (Lipinski definition) is 1. The van der Waals surface area contributed by atoms with E-state index in [1.807, 2.05) is 11.8 Å². The fourth-order valence-electron chi connectivity index (χ4n) is 3.07. The lowest BCUT2D eigenvalue weighted by molar-refractivity contribution is 0.130. The molecule has 2 amide bonds. The van der Waals surface area contributed by atoms with E-state index in [2.05, 4.69) is 31.0 Å². The summed E-state index contributed by atoms with van der Waals surface area (Å²) >= 11 is 2.03. The molecule has 0 radical (unpaired) electrons. The zero-order valence-electron chi connectivity index (χ0n) is 11.8. The minimum absolute atomic E-state index is 0.157. The maximum atomic E-state index is 12.1. The Morgan fingerprint density at radius 3 is 2.94 bits per heavy atom. The molecule has 1 N–H and O–H groups in total. The summed E-state index contributed by atoms with van der Waals surface area (Å²) in [4.78, 5) is 14.3. The Labute approximate surface area is 115 Å². The summed E-state index contributed by atoms with van der Waals surface area (Å²) in [5, 5.41) is 4.25. The van der Waals surface area contributed by atoms with E-state index in [1.165, 1.54) is 25.7 Å². The first kappa shape index (κ1) is 14.0. The maximum Gasteiger partial charge on any atom is 0.318 e. The fourth-order valence-corrected chi connectivity index (χ4v) is 4.88. The van der Waals surface area contributed by atoms with Gasteiger partial charge in [-0.25, -0.2) is 4.79 Å². The Bertz CT molecular complexity index is 298. The number of amides is 2. The van der Waals surface area contributed by atoms with Gasteiger partial charge in [0.1, 0.15) is 0 Å². The van der Waals surface area contributed by atoms with Gasteiger partial charge in [-0.3, -0.25) is 0 Å². The quantitative estimate of drug-likeness (QED) is 0.830. The monoisotopic (exact) mass is 270 g/mol. The highest BCUT2D eigenvalue weighted by Gasteiger charge is 2.44. The van der Waals surface area contributed by atoms with Gasteiger partial charge in [-0.1, -0.05) is 26.7 Å². The van der Waals surface area contributed by atoms with Crippen LogP contribution in [0.2, 0.25) is 0 Å². The standard InChI is InChI=1S/C14H26N2OS/c1-4-6-7-10(3)16-13-11(9-15-14(16)17)8-12(5-2)18-13/h10-13H,4-9H2,1-3H3,(H,15,17). The average Bonchev–Trinajstić information content (AvgIpc) is 2.78. The van der Waals surface area contributed by atoms with Crippen molar-refractivity contribution in [2.75, 3.05) is 6.54 Å². The van der Waals surface area contributed by atoms with Crippen LogP contribution in [0.15, 0.2) is 0 Å². The molecule has 2 aliphatic rings. The number of rotatable bonds is 5. The first-order valence-corrected chi connectivity index (χ1v) is 8.33. The van der Waals surface area contributed by atoms with Crippen LogP contribution in [-0.2, 0) is 0 Å². The summed E-state index contributed by atoms with van der Waals surface area (Å²) in [6.45, 7) is 7.56.